The Labute approximate surface area is 157 Å². The van der Waals surface area contributed by atoms with E-state index in [4.69, 9.17) is 4.42 Å². The number of rotatable bonds is 5. The standard InChI is InChI=1S/C18H20N2O4S2/c1-12-11-20(18(21)13-4-5-13)16-9-15(6-7-17(16)25-12)26(22,23)19-10-14-3-2-8-24-14/h2-3,6-9,12-13,19H,4-5,10-11H2,1H3. The van der Waals surface area contributed by atoms with Gasteiger partial charge < -0.3 is 9.32 Å². The Balaban J connectivity index is 1.62. The lowest BCUT2D eigenvalue weighted by Crippen LogP contribution is -2.39. The molecule has 1 unspecified atom stereocenters. The number of furan rings is 1. The number of benzene rings is 1. The van der Waals surface area contributed by atoms with Crippen LogP contribution in [0.3, 0.4) is 0 Å². The topological polar surface area (TPSA) is 79.6 Å². The first-order chi connectivity index (χ1) is 12.4. The predicted molar refractivity (Wildman–Crippen MR) is 99.6 cm³/mol. The Kier molecular flexibility index (Phi) is 4.58. The van der Waals surface area contributed by atoms with E-state index in [1.165, 1.54) is 6.26 Å². The molecule has 2 aliphatic rings. The van der Waals surface area contributed by atoms with Gasteiger partial charge in [-0.3, -0.25) is 4.79 Å². The third-order valence-corrected chi connectivity index (χ3v) is 7.06. The highest BCUT2D eigenvalue weighted by Crippen LogP contribution is 2.42. The van der Waals surface area contributed by atoms with E-state index in [1.54, 1.807) is 47.0 Å². The summed E-state index contributed by atoms with van der Waals surface area (Å²) in [6.45, 7) is 2.77. The minimum absolute atomic E-state index is 0.0862. The van der Waals surface area contributed by atoms with E-state index in [1.807, 2.05) is 0 Å². The number of thioether (sulfide) groups is 1. The van der Waals surface area contributed by atoms with Gasteiger partial charge in [-0.15, -0.1) is 11.8 Å². The summed E-state index contributed by atoms with van der Waals surface area (Å²) in [5.41, 5.74) is 0.700. The van der Waals surface area contributed by atoms with Crippen LogP contribution in [0.5, 0.6) is 0 Å². The molecule has 1 aromatic carbocycles. The second-order valence-corrected chi connectivity index (χ2v) is 9.93. The van der Waals surface area contributed by atoms with Crippen LogP contribution >= 0.6 is 11.8 Å². The van der Waals surface area contributed by atoms with Crippen molar-refractivity contribution >= 4 is 33.4 Å². The number of amides is 1. The van der Waals surface area contributed by atoms with Crippen molar-refractivity contribution in [2.24, 2.45) is 5.92 Å². The lowest BCUT2D eigenvalue weighted by atomic mass is 10.2. The number of fused-ring (bicyclic) bond motifs is 1. The number of anilines is 1. The first kappa shape index (κ1) is 17.6. The molecule has 0 spiro atoms. The van der Waals surface area contributed by atoms with Gasteiger partial charge in [0.25, 0.3) is 0 Å². The van der Waals surface area contributed by atoms with Crippen molar-refractivity contribution in [2.45, 2.75) is 41.4 Å². The third-order valence-electron chi connectivity index (χ3n) is 4.51. The Morgan fingerprint density at radius 3 is 2.85 bits per heavy atom. The van der Waals surface area contributed by atoms with Crippen LogP contribution in [-0.2, 0) is 21.4 Å². The zero-order valence-corrected chi connectivity index (χ0v) is 16.0. The SMILES string of the molecule is CC1CN(C(=O)C2CC2)c2cc(S(=O)(=O)NCc3ccco3)ccc2S1. The van der Waals surface area contributed by atoms with Gasteiger partial charge in [0.05, 0.1) is 23.4 Å². The summed E-state index contributed by atoms with van der Waals surface area (Å²) >= 11 is 1.67. The molecule has 6 nitrogen and oxygen atoms in total. The summed E-state index contributed by atoms with van der Waals surface area (Å²) in [5, 5.41) is 0.282. The van der Waals surface area contributed by atoms with Crippen molar-refractivity contribution in [3.05, 3.63) is 42.4 Å². The largest absolute Gasteiger partial charge is 0.468 e. The van der Waals surface area contributed by atoms with Crippen molar-refractivity contribution < 1.29 is 17.6 Å². The van der Waals surface area contributed by atoms with Crippen LogP contribution in [0.15, 0.2) is 50.8 Å². The molecule has 4 rings (SSSR count). The summed E-state index contributed by atoms with van der Waals surface area (Å²) in [4.78, 5) is 15.5. The first-order valence-electron chi connectivity index (χ1n) is 8.58. The Morgan fingerprint density at radius 1 is 1.35 bits per heavy atom. The van der Waals surface area contributed by atoms with Crippen LogP contribution in [0.4, 0.5) is 5.69 Å². The number of nitrogens with one attached hydrogen (secondary N) is 1. The molecule has 1 aliphatic heterocycles. The van der Waals surface area contributed by atoms with Crippen LogP contribution in [-0.4, -0.2) is 26.1 Å². The van der Waals surface area contributed by atoms with E-state index in [0.29, 0.717) is 18.0 Å². The predicted octanol–water partition coefficient (Wildman–Crippen LogP) is 3.00. The Hall–Kier alpha value is -1.77. The molecule has 1 aromatic heterocycles. The fourth-order valence-corrected chi connectivity index (χ4v) is 5.11. The highest BCUT2D eigenvalue weighted by Gasteiger charge is 2.37. The Bertz CT molecular complexity index is 921. The molecule has 138 valence electrons. The third kappa shape index (κ3) is 3.54. The van der Waals surface area contributed by atoms with E-state index in [9.17, 15) is 13.2 Å². The Morgan fingerprint density at radius 2 is 2.15 bits per heavy atom. The van der Waals surface area contributed by atoms with E-state index < -0.39 is 10.0 Å². The maximum Gasteiger partial charge on any atom is 0.241 e. The molecular formula is C18H20N2O4S2. The summed E-state index contributed by atoms with van der Waals surface area (Å²) in [7, 11) is -3.69. The van der Waals surface area contributed by atoms with Crippen molar-refractivity contribution in [1.29, 1.82) is 0 Å². The molecule has 2 heterocycles. The van der Waals surface area contributed by atoms with Gasteiger partial charge in [-0.25, -0.2) is 13.1 Å². The summed E-state index contributed by atoms with van der Waals surface area (Å²) in [6.07, 6.45) is 3.35. The second kappa shape index (κ2) is 6.75. The fraction of sp³-hybridized carbons (Fsp3) is 0.389. The smallest absolute Gasteiger partial charge is 0.241 e. The van der Waals surface area contributed by atoms with Crippen molar-refractivity contribution in [2.75, 3.05) is 11.4 Å². The van der Waals surface area contributed by atoms with Crippen molar-refractivity contribution in [1.82, 2.24) is 4.72 Å². The van der Waals surface area contributed by atoms with Crippen LogP contribution < -0.4 is 9.62 Å². The minimum atomic E-state index is -3.69. The van der Waals surface area contributed by atoms with Crippen LogP contribution in [0, 0.1) is 5.92 Å². The van der Waals surface area contributed by atoms with Gasteiger partial charge in [0.15, 0.2) is 0 Å². The quantitative estimate of drug-likeness (QED) is 0.846. The van der Waals surface area contributed by atoms with E-state index in [-0.39, 0.29) is 28.5 Å². The van der Waals surface area contributed by atoms with Crippen molar-refractivity contribution in [3.63, 3.8) is 0 Å². The molecule has 1 aliphatic carbocycles. The molecule has 1 fully saturated rings. The number of carbonyl (C=O) groups excluding carboxylic acids is 1. The van der Waals surface area contributed by atoms with Gasteiger partial charge >= 0.3 is 0 Å². The van der Waals surface area contributed by atoms with Gasteiger partial charge in [-0.05, 0) is 43.2 Å². The fourth-order valence-electron chi connectivity index (χ4n) is 3.01. The number of hydrogen-bond donors (Lipinski definition) is 1. The highest BCUT2D eigenvalue weighted by molar-refractivity contribution is 8.00. The van der Waals surface area contributed by atoms with E-state index >= 15 is 0 Å². The first-order valence-corrected chi connectivity index (χ1v) is 10.9. The highest BCUT2D eigenvalue weighted by atomic mass is 32.2. The van der Waals surface area contributed by atoms with Gasteiger partial charge in [-0.2, -0.15) is 0 Å². The molecular weight excluding hydrogens is 372 g/mol. The van der Waals surface area contributed by atoms with Crippen LogP contribution in [0.2, 0.25) is 0 Å². The number of nitrogens with zero attached hydrogens (tertiary/aromatic N) is 1. The number of sulfonamides is 1. The molecule has 0 bridgehead atoms. The maximum atomic E-state index is 12.6. The minimum Gasteiger partial charge on any atom is -0.468 e. The van der Waals surface area contributed by atoms with Crippen LogP contribution in [0.25, 0.3) is 0 Å². The van der Waals surface area contributed by atoms with E-state index in [0.717, 1.165) is 17.7 Å². The summed E-state index contributed by atoms with van der Waals surface area (Å²) in [6, 6.07) is 8.42. The molecule has 8 heteroatoms. The summed E-state index contributed by atoms with van der Waals surface area (Å²) in [5.74, 6) is 0.744. The second-order valence-electron chi connectivity index (χ2n) is 6.69. The summed E-state index contributed by atoms with van der Waals surface area (Å²) < 4.78 is 33.0. The van der Waals surface area contributed by atoms with Gasteiger partial charge in [0, 0.05) is 22.6 Å². The molecule has 1 atom stereocenters. The lowest BCUT2D eigenvalue weighted by molar-refractivity contribution is -0.119. The van der Waals surface area contributed by atoms with Crippen molar-refractivity contribution in [3.8, 4) is 0 Å². The maximum absolute atomic E-state index is 12.6. The average molecular weight is 393 g/mol. The molecule has 1 saturated carbocycles. The zero-order chi connectivity index (χ0) is 18.3. The van der Waals surface area contributed by atoms with E-state index in [2.05, 4.69) is 11.6 Å². The molecule has 0 radical (unpaired) electrons. The molecule has 0 saturated heterocycles. The molecule has 26 heavy (non-hydrogen) atoms. The molecule has 1 N–H and O–H groups in total. The monoisotopic (exact) mass is 392 g/mol. The molecule has 1 amide bonds. The van der Waals surface area contributed by atoms with Gasteiger partial charge in [0.2, 0.25) is 15.9 Å². The zero-order valence-electron chi connectivity index (χ0n) is 14.3. The normalized spacial score (nSPS) is 20.0. The van der Waals surface area contributed by atoms with Gasteiger partial charge in [0.1, 0.15) is 5.76 Å². The molecule has 2 aromatic rings. The van der Waals surface area contributed by atoms with Gasteiger partial charge in [-0.1, -0.05) is 6.92 Å². The number of hydrogen-bond acceptors (Lipinski definition) is 5. The van der Waals surface area contributed by atoms with Crippen LogP contribution in [0.1, 0.15) is 25.5 Å². The average Bonchev–Trinajstić information content (AvgIpc) is 3.34. The lowest BCUT2D eigenvalue weighted by Gasteiger charge is -2.33. The number of carbonyl (C=O) groups is 1.